The molecule has 0 fully saturated rings. The molecule has 0 aliphatic carbocycles. The second kappa shape index (κ2) is 5.77. The number of carbonyl (C=O) groups excluding carboxylic acids is 1. The van der Waals surface area contributed by atoms with Gasteiger partial charge < -0.3 is 20.4 Å². The number of hydrogen-bond acceptors (Lipinski definition) is 8. The average Bonchev–Trinajstić information content (AvgIpc) is 2.87. The van der Waals surface area contributed by atoms with Crippen molar-refractivity contribution in [3.05, 3.63) is 17.8 Å². The van der Waals surface area contributed by atoms with Gasteiger partial charge in [0.1, 0.15) is 31.7 Å². The van der Waals surface area contributed by atoms with Gasteiger partial charge in [0.2, 0.25) is 0 Å². The van der Waals surface area contributed by atoms with Crippen LogP contribution in [-0.2, 0) is 0 Å². The number of carbonyl (C=O) groups is 1. The van der Waals surface area contributed by atoms with E-state index < -0.39 is 37.1 Å². The predicted molar refractivity (Wildman–Crippen MR) is 66.1 cm³/mol. The van der Waals surface area contributed by atoms with E-state index in [1.54, 1.807) is 0 Å². The van der Waals surface area contributed by atoms with Gasteiger partial charge in [-0.1, -0.05) is 11.6 Å². The van der Waals surface area contributed by atoms with Crippen LogP contribution in [-0.4, -0.2) is 70.8 Å². The van der Waals surface area contributed by atoms with Crippen LogP contribution in [0.3, 0.4) is 0 Å². The lowest BCUT2D eigenvalue weighted by Gasteiger charge is -2.20. The Morgan fingerprint density at radius 1 is 1.40 bits per heavy atom. The van der Waals surface area contributed by atoms with Gasteiger partial charge in [0.25, 0.3) is 5.91 Å². The van der Waals surface area contributed by atoms with Gasteiger partial charge in [-0.2, -0.15) is 0 Å². The lowest BCUT2D eigenvalue weighted by Crippen LogP contribution is -2.45. The zero-order chi connectivity index (χ0) is 15.7. The Kier molecular flexibility index (Phi) is 3.85. The third-order valence-corrected chi connectivity index (χ3v) is 2.90. The Morgan fingerprint density at radius 2 is 2.10 bits per heavy atom. The van der Waals surface area contributed by atoms with Crippen molar-refractivity contribution in [3.8, 4) is 0 Å². The minimum absolute atomic E-state index is 0.0467. The summed E-state index contributed by atoms with van der Waals surface area (Å²) in [6.07, 6.45) is -5.06. The fourth-order valence-corrected chi connectivity index (χ4v) is 1.70. The van der Waals surface area contributed by atoms with Crippen molar-refractivity contribution in [1.82, 2.24) is 19.5 Å². The number of aliphatic hydroxyl groups excluding tert-OH is 4. The normalized spacial score (nSPS) is 16.8. The van der Waals surface area contributed by atoms with Crippen molar-refractivity contribution in [2.45, 2.75) is 18.3 Å². The van der Waals surface area contributed by atoms with Crippen LogP contribution in [0.15, 0.2) is 12.6 Å². The predicted octanol–water partition coefficient (Wildman–Crippen LogP) is -1.81. The fourth-order valence-electron chi connectivity index (χ4n) is 1.53. The van der Waals surface area contributed by atoms with Crippen LogP contribution in [0, 0.1) is 0 Å². The van der Waals surface area contributed by atoms with Gasteiger partial charge in [-0.15, -0.1) is 0 Å². The molecule has 10 heteroatoms. The zero-order valence-corrected chi connectivity index (χ0v) is 10.6. The van der Waals surface area contributed by atoms with Crippen molar-refractivity contribution < 1.29 is 26.6 Å². The first-order valence-electron chi connectivity index (χ1n) is 5.93. The lowest BCUT2D eigenvalue weighted by molar-refractivity contribution is -0.0667. The quantitative estimate of drug-likeness (QED) is 0.484. The molecule has 2 aromatic heterocycles. The summed E-state index contributed by atoms with van der Waals surface area (Å²) >= 11 is 5.75. The van der Waals surface area contributed by atoms with Gasteiger partial charge in [0.15, 0.2) is 16.9 Å². The Labute approximate surface area is 118 Å². The van der Waals surface area contributed by atoms with Gasteiger partial charge in [0.05, 0.1) is 6.61 Å². The number of aliphatic hydroxyl groups is 4. The summed E-state index contributed by atoms with van der Waals surface area (Å²) in [5.74, 6) is -1.05. The second-order valence-electron chi connectivity index (χ2n) is 3.92. The highest BCUT2D eigenvalue weighted by Crippen LogP contribution is 2.17. The molecule has 0 aliphatic rings. The second-order valence-corrected chi connectivity index (χ2v) is 4.28. The molecule has 4 N–H and O–H groups in total. The van der Waals surface area contributed by atoms with Gasteiger partial charge in [0, 0.05) is 0 Å². The summed E-state index contributed by atoms with van der Waals surface area (Å²) in [6.45, 7) is -0.832. The van der Waals surface area contributed by atoms with Crippen LogP contribution in [0.5, 0.6) is 0 Å². The summed E-state index contributed by atoms with van der Waals surface area (Å²) in [4.78, 5) is 23.1. The molecule has 2 heterocycles. The number of fused-ring (bicyclic) bond motifs is 1. The minimum atomic E-state index is -2.02. The third-order valence-electron chi connectivity index (χ3n) is 2.64. The van der Waals surface area contributed by atoms with Crippen molar-refractivity contribution in [2.75, 3.05) is 6.61 Å². The number of nitrogens with zero attached hydrogens (tertiary/aromatic N) is 4. The van der Waals surface area contributed by atoms with E-state index in [1.165, 1.54) is 0 Å². The van der Waals surface area contributed by atoms with Crippen molar-refractivity contribution >= 4 is 28.7 Å². The summed E-state index contributed by atoms with van der Waals surface area (Å²) in [5.41, 5.74) is -0.0693. The average molecular weight is 304 g/mol. The molecular formula is C10H11ClN4O5. The highest BCUT2D eigenvalue weighted by atomic mass is 35.5. The van der Waals surface area contributed by atoms with Crippen LogP contribution < -0.4 is 0 Å². The fraction of sp³-hybridized carbons (Fsp3) is 0.400. The highest BCUT2D eigenvalue weighted by molar-refractivity contribution is 6.33. The molecule has 2 aromatic rings. The molecule has 0 aliphatic heterocycles. The van der Waals surface area contributed by atoms with E-state index in [0.29, 0.717) is 0 Å². The summed E-state index contributed by atoms with van der Waals surface area (Å²) in [7, 11) is 0. The van der Waals surface area contributed by atoms with E-state index in [-0.39, 0.29) is 16.3 Å². The minimum Gasteiger partial charge on any atom is -0.394 e. The molecule has 0 saturated carbocycles. The first-order valence-corrected chi connectivity index (χ1v) is 5.81. The third kappa shape index (κ3) is 2.49. The van der Waals surface area contributed by atoms with Crippen LogP contribution in [0.2, 0.25) is 5.15 Å². The van der Waals surface area contributed by atoms with E-state index in [4.69, 9.17) is 18.1 Å². The lowest BCUT2D eigenvalue weighted by atomic mass is 10.1. The monoisotopic (exact) mass is 303 g/mol. The van der Waals surface area contributed by atoms with Gasteiger partial charge in [-0.3, -0.25) is 9.36 Å². The smallest absolute Gasteiger partial charge is 0.265 e. The molecule has 0 unspecified atom stereocenters. The molecule has 0 bridgehead atoms. The zero-order valence-electron chi connectivity index (χ0n) is 10.9. The van der Waals surface area contributed by atoms with Crippen LogP contribution in [0.1, 0.15) is 6.17 Å². The summed E-state index contributed by atoms with van der Waals surface area (Å²) in [5, 5.41) is 37.0. The molecular weight excluding hydrogens is 292 g/mol. The van der Waals surface area contributed by atoms with E-state index in [0.717, 1.165) is 10.9 Å². The number of hydrogen-bond donors (Lipinski definition) is 4. The van der Waals surface area contributed by atoms with Crippen molar-refractivity contribution in [1.29, 1.82) is 0 Å². The van der Waals surface area contributed by atoms with Crippen LogP contribution in [0.25, 0.3) is 11.2 Å². The SMILES string of the molecule is [2H]c1nc(Cl)c2ncn(C(=O)[C@H](O)[C@H](O)[C@H](O)CO)c2n1. The highest BCUT2D eigenvalue weighted by Gasteiger charge is 2.32. The molecule has 0 radical (unpaired) electrons. The summed E-state index contributed by atoms with van der Waals surface area (Å²) < 4.78 is 8.12. The molecule has 0 saturated heterocycles. The molecule has 3 atom stereocenters. The first kappa shape index (κ1) is 13.3. The molecule has 9 nitrogen and oxygen atoms in total. The number of aromatic nitrogens is 4. The topological polar surface area (TPSA) is 142 Å². The van der Waals surface area contributed by atoms with Crippen molar-refractivity contribution in [2.24, 2.45) is 0 Å². The summed E-state index contributed by atoms with van der Waals surface area (Å²) in [6, 6.07) is 0. The van der Waals surface area contributed by atoms with Gasteiger partial charge in [-0.05, 0) is 0 Å². The maximum atomic E-state index is 12.1. The van der Waals surface area contributed by atoms with E-state index in [2.05, 4.69) is 15.0 Å². The van der Waals surface area contributed by atoms with Gasteiger partial charge in [-0.25, -0.2) is 15.0 Å². The number of imidazole rings is 1. The Bertz CT molecular complexity index is 681. The molecule has 0 spiro atoms. The molecule has 0 amide bonds. The standard InChI is InChI=1S/C10H11ClN4O5/c11-8-5-9(13-2-12-8)15(3-14-5)10(20)7(19)6(18)4(17)1-16/h2-4,6-7,16-19H,1H2/t4-,6-,7-/m1/s1/i2D. The van der Waals surface area contributed by atoms with Crippen molar-refractivity contribution in [3.63, 3.8) is 0 Å². The number of halogens is 1. The Balaban J connectivity index is 2.40. The molecule has 0 aromatic carbocycles. The number of rotatable bonds is 4. The Hall–Kier alpha value is -1.65. The maximum absolute atomic E-state index is 12.1. The van der Waals surface area contributed by atoms with E-state index >= 15 is 0 Å². The van der Waals surface area contributed by atoms with E-state index in [1.807, 2.05) is 0 Å². The van der Waals surface area contributed by atoms with E-state index in [9.17, 15) is 20.1 Å². The molecule has 20 heavy (non-hydrogen) atoms. The van der Waals surface area contributed by atoms with Gasteiger partial charge >= 0.3 is 0 Å². The van der Waals surface area contributed by atoms with Crippen LogP contribution >= 0.6 is 11.6 Å². The molecule has 108 valence electrons. The maximum Gasteiger partial charge on any atom is 0.265 e. The molecule has 2 rings (SSSR count). The Morgan fingerprint density at radius 3 is 2.75 bits per heavy atom. The largest absolute Gasteiger partial charge is 0.394 e. The van der Waals surface area contributed by atoms with Crippen LogP contribution in [0.4, 0.5) is 0 Å². The first-order chi connectivity index (χ1) is 9.86.